The van der Waals surface area contributed by atoms with Crippen molar-refractivity contribution in [2.45, 2.75) is 33.3 Å². The predicted octanol–water partition coefficient (Wildman–Crippen LogP) is 2.48. The van der Waals surface area contributed by atoms with Crippen molar-refractivity contribution in [3.8, 4) is 0 Å². The van der Waals surface area contributed by atoms with E-state index in [0.717, 1.165) is 5.69 Å². The topological polar surface area (TPSA) is 84.6 Å². The van der Waals surface area contributed by atoms with E-state index in [1.54, 1.807) is 20.8 Å². The van der Waals surface area contributed by atoms with Gasteiger partial charge in [-0.3, -0.25) is 5.21 Å². The number of hydrogen-bond donors (Lipinski definition) is 3. The fourth-order valence-electron chi connectivity index (χ4n) is 0.971. The van der Waals surface area contributed by atoms with Crippen LogP contribution in [0.1, 0.15) is 26.3 Å². The van der Waals surface area contributed by atoms with Gasteiger partial charge in [0.15, 0.2) is 0 Å². The Morgan fingerprint density at radius 3 is 2.24 bits per heavy atom. The highest BCUT2D eigenvalue weighted by molar-refractivity contribution is 5.65. The average molecular weight is 240 g/mol. The van der Waals surface area contributed by atoms with Crippen LogP contribution in [0.2, 0.25) is 0 Å². The Morgan fingerprint density at radius 2 is 2.00 bits per heavy atom. The normalized spacial score (nSPS) is 9.94. The van der Waals surface area contributed by atoms with E-state index in [1.807, 2.05) is 31.2 Å². The number of carbonyl (C=O) groups is 1. The predicted molar refractivity (Wildman–Crippen MR) is 66.7 cm³/mol. The Morgan fingerprint density at radius 1 is 1.41 bits per heavy atom. The van der Waals surface area contributed by atoms with Gasteiger partial charge in [0, 0.05) is 5.69 Å². The van der Waals surface area contributed by atoms with E-state index in [4.69, 9.17) is 10.9 Å². The smallest absolute Gasteiger partial charge is 0.431 e. The second-order valence-corrected chi connectivity index (χ2v) is 4.53. The third kappa shape index (κ3) is 9.19. The summed E-state index contributed by atoms with van der Waals surface area (Å²) in [6.07, 6.45) is -0.831. The average Bonchev–Trinajstić information content (AvgIpc) is 2.15. The number of benzene rings is 1. The maximum atomic E-state index is 10.2. The molecule has 0 saturated carbocycles. The number of aryl methyl sites for hydroxylation is 1. The molecule has 0 heterocycles. The van der Waals surface area contributed by atoms with Gasteiger partial charge >= 0.3 is 6.09 Å². The van der Waals surface area contributed by atoms with Crippen LogP contribution in [-0.4, -0.2) is 16.9 Å². The quantitative estimate of drug-likeness (QED) is 0.369. The molecule has 0 atom stereocenters. The van der Waals surface area contributed by atoms with Crippen LogP contribution in [0, 0.1) is 6.92 Å². The third-order valence-electron chi connectivity index (χ3n) is 1.53. The molecule has 96 valence electrons. The van der Waals surface area contributed by atoms with Crippen LogP contribution in [0.15, 0.2) is 24.3 Å². The molecule has 0 fully saturated rings. The summed E-state index contributed by atoms with van der Waals surface area (Å²) in [5, 5.41) is 7.97. The minimum atomic E-state index is -0.831. The lowest BCUT2D eigenvalue weighted by atomic mass is 10.2. The molecule has 5 heteroatoms. The number of nitrogen functional groups attached to an aromatic ring is 1. The van der Waals surface area contributed by atoms with E-state index >= 15 is 0 Å². The molecule has 0 spiro atoms. The van der Waals surface area contributed by atoms with Crippen molar-refractivity contribution in [2.24, 2.45) is 0 Å². The van der Waals surface area contributed by atoms with Crippen LogP contribution in [0.5, 0.6) is 0 Å². The molecule has 0 aromatic heterocycles. The van der Waals surface area contributed by atoms with Crippen molar-refractivity contribution in [1.82, 2.24) is 5.48 Å². The van der Waals surface area contributed by atoms with Gasteiger partial charge in [-0.2, -0.15) is 0 Å². The van der Waals surface area contributed by atoms with Crippen molar-refractivity contribution in [1.29, 1.82) is 0 Å². The number of hydroxylamine groups is 1. The van der Waals surface area contributed by atoms with Gasteiger partial charge < -0.3 is 10.5 Å². The highest BCUT2D eigenvalue weighted by Gasteiger charge is 2.14. The van der Waals surface area contributed by atoms with E-state index in [0.29, 0.717) is 0 Å². The van der Waals surface area contributed by atoms with Crippen molar-refractivity contribution in [2.75, 3.05) is 5.73 Å². The van der Waals surface area contributed by atoms with Crippen molar-refractivity contribution < 1.29 is 14.7 Å². The number of nitrogens with two attached hydrogens (primary N) is 1. The minimum Gasteiger partial charge on any atom is -0.442 e. The number of nitrogens with one attached hydrogen (secondary N) is 1. The molecule has 0 aliphatic heterocycles. The lowest BCUT2D eigenvalue weighted by molar-refractivity contribution is 0.0229. The number of rotatable bonds is 0. The van der Waals surface area contributed by atoms with Gasteiger partial charge in [-0.25, -0.2) is 10.3 Å². The maximum absolute atomic E-state index is 10.2. The van der Waals surface area contributed by atoms with E-state index in [1.165, 1.54) is 11.0 Å². The summed E-state index contributed by atoms with van der Waals surface area (Å²) in [5.74, 6) is 0. The van der Waals surface area contributed by atoms with Gasteiger partial charge in [-0.05, 0) is 45.4 Å². The molecule has 0 bridgehead atoms. The summed E-state index contributed by atoms with van der Waals surface area (Å²) in [4.78, 5) is 10.2. The molecule has 1 amide bonds. The van der Waals surface area contributed by atoms with E-state index < -0.39 is 11.7 Å². The summed E-state index contributed by atoms with van der Waals surface area (Å²) in [7, 11) is 0. The summed E-state index contributed by atoms with van der Waals surface area (Å²) in [5.41, 5.74) is 8.32. The van der Waals surface area contributed by atoms with Crippen molar-refractivity contribution in [3.63, 3.8) is 0 Å². The Balaban J connectivity index is 0.000000302. The SMILES string of the molecule is CC(C)(C)OC(=O)NO.Cc1cccc(N)c1. The summed E-state index contributed by atoms with van der Waals surface area (Å²) in [6.45, 7) is 7.16. The zero-order chi connectivity index (χ0) is 13.5. The standard InChI is InChI=1S/C7H9N.C5H11NO3/c1-6-3-2-4-7(8)5-6;1-5(2,3)9-4(7)6-8/h2-5H,8H2,1H3;8H,1-3H3,(H,6,7). The van der Waals surface area contributed by atoms with Gasteiger partial charge in [0.1, 0.15) is 5.60 Å². The Bertz CT molecular complexity index is 342. The van der Waals surface area contributed by atoms with Gasteiger partial charge in [-0.1, -0.05) is 12.1 Å². The molecule has 1 aromatic rings. The van der Waals surface area contributed by atoms with Crippen LogP contribution < -0.4 is 11.2 Å². The zero-order valence-electron chi connectivity index (χ0n) is 10.7. The lowest BCUT2D eigenvalue weighted by Gasteiger charge is -2.17. The zero-order valence-corrected chi connectivity index (χ0v) is 10.7. The first kappa shape index (κ1) is 15.2. The number of carbonyl (C=O) groups excluding carboxylic acids is 1. The first-order valence-corrected chi connectivity index (χ1v) is 5.20. The second kappa shape index (κ2) is 6.75. The van der Waals surface area contributed by atoms with Gasteiger partial charge in [0.05, 0.1) is 0 Å². The minimum absolute atomic E-state index is 0.549. The fraction of sp³-hybridized carbons (Fsp3) is 0.417. The molecule has 1 aromatic carbocycles. The van der Waals surface area contributed by atoms with E-state index in [-0.39, 0.29) is 0 Å². The van der Waals surface area contributed by atoms with Crippen molar-refractivity contribution in [3.05, 3.63) is 29.8 Å². The van der Waals surface area contributed by atoms with Crippen LogP contribution >= 0.6 is 0 Å². The number of amides is 1. The molecule has 0 aliphatic rings. The van der Waals surface area contributed by atoms with Gasteiger partial charge in [0.25, 0.3) is 0 Å². The summed E-state index contributed by atoms with van der Waals surface area (Å²) >= 11 is 0. The fourth-order valence-corrected chi connectivity index (χ4v) is 0.971. The summed E-state index contributed by atoms with van der Waals surface area (Å²) in [6, 6.07) is 7.80. The molecule has 17 heavy (non-hydrogen) atoms. The Hall–Kier alpha value is -1.75. The molecule has 4 N–H and O–H groups in total. The van der Waals surface area contributed by atoms with Crippen LogP contribution in [0.3, 0.4) is 0 Å². The Labute approximate surface area is 102 Å². The number of anilines is 1. The largest absolute Gasteiger partial charge is 0.442 e. The molecule has 1 rings (SSSR count). The van der Waals surface area contributed by atoms with Crippen LogP contribution in [-0.2, 0) is 4.74 Å². The van der Waals surface area contributed by atoms with Crippen LogP contribution in [0.25, 0.3) is 0 Å². The highest BCUT2D eigenvalue weighted by Crippen LogP contribution is 2.05. The molecular formula is C12H20N2O3. The first-order chi connectivity index (χ1) is 7.74. The van der Waals surface area contributed by atoms with E-state index in [9.17, 15) is 4.79 Å². The lowest BCUT2D eigenvalue weighted by Crippen LogP contribution is -2.30. The summed E-state index contributed by atoms with van der Waals surface area (Å²) < 4.78 is 4.59. The van der Waals surface area contributed by atoms with Crippen molar-refractivity contribution >= 4 is 11.8 Å². The van der Waals surface area contributed by atoms with Crippen LogP contribution in [0.4, 0.5) is 10.5 Å². The monoisotopic (exact) mass is 240 g/mol. The Kier molecular flexibility index (Phi) is 6.06. The molecule has 0 aliphatic carbocycles. The number of hydrogen-bond acceptors (Lipinski definition) is 4. The highest BCUT2D eigenvalue weighted by atomic mass is 16.6. The van der Waals surface area contributed by atoms with Gasteiger partial charge in [-0.15, -0.1) is 0 Å². The van der Waals surface area contributed by atoms with Gasteiger partial charge in [0.2, 0.25) is 0 Å². The second-order valence-electron chi connectivity index (χ2n) is 4.53. The molecule has 0 radical (unpaired) electrons. The van der Waals surface area contributed by atoms with E-state index in [2.05, 4.69) is 4.74 Å². The first-order valence-electron chi connectivity index (χ1n) is 5.20. The number of ether oxygens (including phenoxy) is 1. The third-order valence-corrected chi connectivity index (χ3v) is 1.53. The molecular weight excluding hydrogens is 220 g/mol. The molecule has 0 saturated heterocycles. The maximum Gasteiger partial charge on any atom is 0.431 e. The molecule has 5 nitrogen and oxygen atoms in total. The molecule has 0 unspecified atom stereocenters.